The summed E-state index contributed by atoms with van der Waals surface area (Å²) in [4.78, 5) is 17.8. The summed E-state index contributed by atoms with van der Waals surface area (Å²) in [5, 5.41) is 12.7. The van der Waals surface area contributed by atoms with Gasteiger partial charge in [0.05, 0.1) is 17.3 Å². The summed E-state index contributed by atoms with van der Waals surface area (Å²) in [7, 11) is 1.63. The van der Waals surface area contributed by atoms with Gasteiger partial charge in [0.15, 0.2) is 5.16 Å². The summed E-state index contributed by atoms with van der Waals surface area (Å²) in [6, 6.07) is 21.6. The predicted molar refractivity (Wildman–Crippen MR) is 163 cm³/mol. The van der Waals surface area contributed by atoms with Crippen LogP contribution in [0.5, 0.6) is 5.75 Å². The molecule has 0 unspecified atom stereocenters. The highest BCUT2D eigenvalue weighted by molar-refractivity contribution is 8.01. The standard InChI is InChI=1S/C32H33FN6O2S/c1-21-34-18-19-38(21)25-16-12-24(13-17-25)35-29(40)32(4,5)42-30-37-36-28(39(30)26-14-10-23(33)11-15-26)31(2,3)22-8-7-9-27(20-22)41-6/h7-20H,1-6H3,(H,35,40). The molecule has 0 aliphatic rings. The van der Waals surface area contributed by atoms with Crippen LogP contribution in [0.2, 0.25) is 0 Å². The highest BCUT2D eigenvalue weighted by atomic mass is 32.2. The van der Waals surface area contributed by atoms with Crippen LogP contribution in [0, 0.1) is 12.7 Å². The molecule has 5 aromatic rings. The van der Waals surface area contributed by atoms with Gasteiger partial charge in [0.25, 0.3) is 0 Å². The Balaban J connectivity index is 1.45. The minimum absolute atomic E-state index is 0.193. The minimum Gasteiger partial charge on any atom is -0.497 e. The molecular formula is C32H33FN6O2S. The van der Waals surface area contributed by atoms with E-state index in [1.807, 2.05) is 98.5 Å². The van der Waals surface area contributed by atoms with Gasteiger partial charge in [-0.05, 0) is 101 Å². The smallest absolute Gasteiger partial charge is 0.240 e. The molecule has 0 bridgehead atoms. The SMILES string of the molecule is COc1cccc(C(C)(C)c2nnc(SC(C)(C)C(=O)Nc3ccc(-n4ccnc4C)cc3)n2-c2ccc(F)cc2)c1. The van der Waals surface area contributed by atoms with Gasteiger partial charge >= 0.3 is 0 Å². The number of halogens is 1. The maximum atomic E-state index is 13.9. The number of aromatic nitrogens is 5. The van der Waals surface area contributed by atoms with Crippen LogP contribution in [-0.2, 0) is 10.2 Å². The van der Waals surface area contributed by atoms with Crippen molar-refractivity contribution in [3.8, 4) is 17.1 Å². The molecule has 0 saturated carbocycles. The zero-order valence-corrected chi connectivity index (χ0v) is 25.2. The number of aryl methyl sites for hydroxylation is 1. The molecule has 0 spiro atoms. The molecule has 10 heteroatoms. The predicted octanol–water partition coefficient (Wildman–Crippen LogP) is 6.74. The quantitative estimate of drug-likeness (QED) is 0.193. The Hall–Kier alpha value is -4.44. The van der Waals surface area contributed by atoms with E-state index in [1.165, 1.54) is 23.9 Å². The number of methoxy groups -OCH3 is 1. The van der Waals surface area contributed by atoms with E-state index in [4.69, 9.17) is 4.74 Å². The van der Waals surface area contributed by atoms with Crippen molar-refractivity contribution in [2.75, 3.05) is 12.4 Å². The Morgan fingerprint density at radius 1 is 0.952 bits per heavy atom. The van der Waals surface area contributed by atoms with E-state index in [-0.39, 0.29) is 11.7 Å². The third kappa shape index (κ3) is 5.80. The summed E-state index contributed by atoms with van der Waals surface area (Å²) < 4.78 is 22.3. The number of anilines is 1. The number of carbonyl (C=O) groups is 1. The molecule has 8 nitrogen and oxygen atoms in total. The zero-order valence-electron chi connectivity index (χ0n) is 24.4. The van der Waals surface area contributed by atoms with Crippen LogP contribution < -0.4 is 10.1 Å². The van der Waals surface area contributed by atoms with Crippen LogP contribution in [-0.4, -0.2) is 42.1 Å². The number of benzene rings is 3. The van der Waals surface area contributed by atoms with Crippen molar-refractivity contribution < 1.29 is 13.9 Å². The molecular weight excluding hydrogens is 551 g/mol. The highest BCUT2D eigenvalue weighted by Crippen LogP contribution is 2.39. The maximum Gasteiger partial charge on any atom is 0.240 e. The normalized spacial score (nSPS) is 11.9. The molecule has 0 radical (unpaired) electrons. The molecule has 0 aliphatic heterocycles. The topological polar surface area (TPSA) is 86.9 Å². The molecule has 1 amide bonds. The Kier molecular flexibility index (Phi) is 7.92. The second-order valence-corrected chi connectivity index (χ2v) is 12.5. The average Bonchev–Trinajstić information content (AvgIpc) is 3.60. The molecule has 0 saturated heterocycles. The molecule has 42 heavy (non-hydrogen) atoms. The molecule has 2 aromatic heterocycles. The number of nitrogens with one attached hydrogen (secondary N) is 1. The Bertz CT molecular complexity index is 1710. The van der Waals surface area contributed by atoms with Crippen molar-refractivity contribution in [2.24, 2.45) is 0 Å². The lowest BCUT2D eigenvalue weighted by Gasteiger charge is -2.27. The Morgan fingerprint density at radius 3 is 2.29 bits per heavy atom. The van der Waals surface area contributed by atoms with Crippen LogP contribution in [0.1, 0.15) is 44.9 Å². The van der Waals surface area contributed by atoms with Crippen LogP contribution in [0.15, 0.2) is 90.3 Å². The van der Waals surface area contributed by atoms with Gasteiger partial charge in [-0.2, -0.15) is 0 Å². The van der Waals surface area contributed by atoms with Crippen LogP contribution in [0.25, 0.3) is 11.4 Å². The van der Waals surface area contributed by atoms with Crippen LogP contribution in [0.3, 0.4) is 0 Å². The van der Waals surface area contributed by atoms with Crippen molar-refractivity contribution in [1.29, 1.82) is 0 Å². The van der Waals surface area contributed by atoms with E-state index in [2.05, 4.69) is 20.5 Å². The molecule has 3 aromatic carbocycles. The van der Waals surface area contributed by atoms with Gasteiger partial charge in [0.1, 0.15) is 23.2 Å². The van der Waals surface area contributed by atoms with Crippen molar-refractivity contribution >= 4 is 23.4 Å². The van der Waals surface area contributed by atoms with Crippen LogP contribution in [0.4, 0.5) is 10.1 Å². The summed E-state index contributed by atoms with van der Waals surface area (Å²) >= 11 is 1.29. The third-order valence-electron chi connectivity index (χ3n) is 7.19. The van der Waals surface area contributed by atoms with Crippen molar-refractivity contribution in [3.63, 3.8) is 0 Å². The lowest BCUT2D eigenvalue weighted by Crippen LogP contribution is -2.34. The monoisotopic (exact) mass is 584 g/mol. The van der Waals surface area contributed by atoms with E-state index in [0.717, 1.165) is 22.8 Å². The second-order valence-electron chi connectivity index (χ2n) is 10.9. The first kappa shape index (κ1) is 29.1. The third-order valence-corrected chi connectivity index (χ3v) is 8.33. The second kappa shape index (κ2) is 11.4. The van der Waals surface area contributed by atoms with E-state index in [9.17, 15) is 9.18 Å². The molecule has 0 aliphatic carbocycles. The van der Waals surface area contributed by atoms with E-state index >= 15 is 0 Å². The largest absolute Gasteiger partial charge is 0.497 e. The van der Waals surface area contributed by atoms with E-state index in [1.54, 1.807) is 25.4 Å². The number of nitrogens with zero attached hydrogens (tertiary/aromatic N) is 5. The van der Waals surface area contributed by atoms with Gasteiger partial charge in [-0.25, -0.2) is 9.37 Å². The van der Waals surface area contributed by atoms with Crippen LogP contribution >= 0.6 is 11.8 Å². The van der Waals surface area contributed by atoms with Crippen molar-refractivity contribution in [2.45, 2.75) is 49.9 Å². The molecule has 216 valence electrons. The Labute approximate surface area is 249 Å². The lowest BCUT2D eigenvalue weighted by atomic mass is 9.83. The molecule has 2 heterocycles. The van der Waals surface area contributed by atoms with Gasteiger partial charge in [-0.1, -0.05) is 23.9 Å². The van der Waals surface area contributed by atoms with Gasteiger partial charge < -0.3 is 14.6 Å². The number of imidazole rings is 1. The van der Waals surface area contributed by atoms with E-state index < -0.39 is 10.2 Å². The minimum atomic E-state index is -0.929. The summed E-state index contributed by atoms with van der Waals surface area (Å²) in [6.45, 7) is 9.71. The first-order chi connectivity index (χ1) is 20.0. The summed E-state index contributed by atoms with van der Waals surface area (Å²) in [6.07, 6.45) is 3.64. The summed E-state index contributed by atoms with van der Waals surface area (Å²) in [5.74, 6) is 1.72. The van der Waals surface area contributed by atoms with Gasteiger partial charge in [-0.15, -0.1) is 10.2 Å². The number of carbonyl (C=O) groups excluding carboxylic acids is 1. The van der Waals surface area contributed by atoms with Crippen molar-refractivity contribution in [1.82, 2.24) is 24.3 Å². The molecule has 1 N–H and O–H groups in total. The van der Waals surface area contributed by atoms with Crippen molar-refractivity contribution in [3.05, 3.63) is 108 Å². The number of rotatable bonds is 9. The van der Waals surface area contributed by atoms with Gasteiger partial charge in [0.2, 0.25) is 5.91 Å². The number of thioether (sulfide) groups is 1. The number of ether oxygens (including phenoxy) is 1. The van der Waals surface area contributed by atoms with Gasteiger partial charge in [-0.3, -0.25) is 9.36 Å². The average molecular weight is 585 g/mol. The molecule has 0 atom stereocenters. The first-order valence-electron chi connectivity index (χ1n) is 13.5. The Morgan fingerprint density at radius 2 is 1.64 bits per heavy atom. The maximum absolute atomic E-state index is 13.9. The fraction of sp³-hybridized carbons (Fsp3) is 0.250. The fourth-order valence-electron chi connectivity index (χ4n) is 4.62. The number of hydrogen-bond acceptors (Lipinski definition) is 6. The van der Waals surface area contributed by atoms with E-state index in [0.29, 0.717) is 22.4 Å². The highest BCUT2D eigenvalue weighted by Gasteiger charge is 2.36. The lowest BCUT2D eigenvalue weighted by molar-refractivity contribution is -0.117. The zero-order chi connectivity index (χ0) is 30.1. The first-order valence-corrected chi connectivity index (χ1v) is 14.3. The van der Waals surface area contributed by atoms with Gasteiger partial charge in [0, 0.05) is 29.5 Å². The summed E-state index contributed by atoms with van der Waals surface area (Å²) in [5.41, 5.74) is 2.69. The number of amides is 1. The fourth-order valence-corrected chi connectivity index (χ4v) is 5.58. The number of hydrogen-bond donors (Lipinski definition) is 1. The molecule has 0 fully saturated rings. The molecule has 5 rings (SSSR count).